The van der Waals surface area contributed by atoms with Gasteiger partial charge in [0, 0.05) is 48.6 Å². The van der Waals surface area contributed by atoms with Gasteiger partial charge in [0.05, 0.1) is 29.3 Å². The summed E-state index contributed by atoms with van der Waals surface area (Å²) in [6, 6.07) is 10.1. The second-order valence-electron chi connectivity index (χ2n) is 13.7. The molecule has 1 aromatic heterocycles. The minimum atomic E-state index is -2.01. The van der Waals surface area contributed by atoms with Crippen LogP contribution in [0.1, 0.15) is 35.8 Å². The van der Waals surface area contributed by atoms with Gasteiger partial charge in [-0.2, -0.15) is 11.8 Å². The lowest BCUT2D eigenvalue weighted by Crippen LogP contribution is -2.61. The predicted molar refractivity (Wildman–Crippen MR) is 207 cm³/mol. The van der Waals surface area contributed by atoms with Crippen LogP contribution >= 0.6 is 11.8 Å². The molecule has 8 atom stereocenters. The molecule has 58 heavy (non-hydrogen) atoms. The predicted octanol–water partition coefficient (Wildman–Crippen LogP) is 0.104. The van der Waals surface area contributed by atoms with E-state index in [4.69, 9.17) is 14.2 Å². The Morgan fingerprint density at radius 3 is 2.48 bits per heavy atom. The van der Waals surface area contributed by atoms with Gasteiger partial charge in [0.15, 0.2) is 11.9 Å². The summed E-state index contributed by atoms with van der Waals surface area (Å²) in [4.78, 5) is 74.7. The van der Waals surface area contributed by atoms with Gasteiger partial charge in [-0.05, 0) is 35.7 Å². The normalized spacial score (nSPS) is 24.7. The van der Waals surface area contributed by atoms with Crippen molar-refractivity contribution in [2.75, 3.05) is 17.2 Å². The highest BCUT2D eigenvalue weighted by atomic mass is 32.2. The number of nitro groups is 1. The molecule has 5 N–H and O–H groups in total. The summed E-state index contributed by atoms with van der Waals surface area (Å²) >= 11 is 1.78. The summed E-state index contributed by atoms with van der Waals surface area (Å²) in [6.45, 7) is 0.363. The van der Waals surface area contributed by atoms with Gasteiger partial charge in [-0.15, -0.1) is 5.10 Å². The van der Waals surface area contributed by atoms with E-state index in [0.717, 1.165) is 17.9 Å². The molecule has 310 valence electrons. The molecule has 0 spiro atoms. The second kappa shape index (κ2) is 18.0. The van der Waals surface area contributed by atoms with Crippen LogP contribution in [0.15, 0.2) is 48.7 Å². The molecular weight excluding hydrogens is 805 g/mol. The molecule has 3 aliphatic rings. The summed E-state index contributed by atoms with van der Waals surface area (Å²) < 4.78 is 17.5. The van der Waals surface area contributed by atoms with Crippen LogP contribution in [0.25, 0.3) is 0 Å². The molecule has 6 rings (SSSR count). The number of anilines is 1. The maximum atomic E-state index is 12.8. The third-order valence-corrected chi connectivity index (χ3v) is 11.0. The van der Waals surface area contributed by atoms with E-state index in [-0.39, 0.29) is 61.6 Å². The van der Waals surface area contributed by atoms with Gasteiger partial charge in [0.1, 0.15) is 24.4 Å². The molecule has 0 saturated carbocycles. The molecule has 2 aromatic carbocycles. The number of nitrogens with one attached hydrogen (secondary N) is 1. The highest BCUT2D eigenvalue weighted by Gasteiger charge is 2.48. The number of aliphatic carboxylic acids is 1. The molecule has 22 heteroatoms. The van der Waals surface area contributed by atoms with Crippen molar-refractivity contribution in [1.82, 2.24) is 20.3 Å². The summed E-state index contributed by atoms with van der Waals surface area (Å²) in [5, 5.41) is 62.4. The molecule has 3 saturated heterocycles. The standard InChI is InChI=1S/C36H39N6O14S2/c1-58(2)36(51)55-26(19-5-8-25(24(13-19)42(52)53)54-35-31(47)29(45)30(46)32(56-35)34(49)50)15-21-16-40(39-38-21)10-9-37-27(43)11-18-3-6-22(7-4-18)41-28(44)14-20(33(41)48)12-23-17-57-23/h3-8,13,16,20,23,26,29-32,35,45-47H,1-2,9-12,14-15,17H2,(H,37,43)(H,49,50)/q-1/t20?,23?,26?,29-,30-,31+,32-,35+/m0/s1. The van der Waals surface area contributed by atoms with E-state index in [1.54, 1.807) is 36.0 Å². The van der Waals surface area contributed by atoms with Gasteiger partial charge in [0.25, 0.3) is 0 Å². The largest absolute Gasteiger partial charge is 0.479 e. The van der Waals surface area contributed by atoms with Crippen molar-refractivity contribution in [3.05, 3.63) is 75.6 Å². The van der Waals surface area contributed by atoms with E-state index < -0.39 is 74.5 Å². The number of aliphatic hydroxyl groups is 3. The summed E-state index contributed by atoms with van der Waals surface area (Å²) in [7, 11) is -1.35. The lowest BCUT2D eigenvalue weighted by atomic mass is 9.99. The number of hydrogen-bond donors (Lipinski definition) is 5. The van der Waals surface area contributed by atoms with E-state index in [0.29, 0.717) is 28.6 Å². The highest BCUT2D eigenvalue weighted by molar-refractivity contribution is 8.06. The fourth-order valence-corrected chi connectivity index (χ4v) is 7.28. The van der Waals surface area contributed by atoms with Gasteiger partial charge in [-0.25, -0.2) is 16.5 Å². The van der Waals surface area contributed by atoms with Crippen molar-refractivity contribution >= 4 is 73.9 Å². The molecule has 0 bridgehead atoms. The minimum absolute atomic E-state index is 0.0394. The van der Waals surface area contributed by atoms with E-state index >= 15 is 0 Å². The number of carbonyl (C=O) groups is 5. The summed E-state index contributed by atoms with van der Waals surface area (Å²) in [5.41, 5.74) is 0.852. The van der Waals surface area contributed by atoms with Crippen LogP contribution < -0.4 is 15.0 Å². The van der Waals surface area contributed by atoms with Gasteiger partial charge in [-0.3, -0.25) is 38.9 Å². The number of benzene rings is 2. The third kappa shape index (κ3) is 10.00. The first-order valence-corrected chi connectivity index (χ1v) is 20.4. The van der Waals surface area contributed by atoms with E-state index in [1.165, 1.54) is 21.8 Å². The van der Waals surface area contributed by atoms with Crippen LogP contribution in [0.5, 0.6) is 5.75 Å². The van der Waals surface area contributed by atoms with Crippen LogP contribution in [0.3, 0.4) is 0 Å². The number of nitrogens with zero attached hydrogens (tertiary/aromatic N) is 5. The molecule has 4 heterocycles. The Labute approximate surface area is 335 Å². The van der Waals surface area contributed by atoms with Crippen molar-refractivity contribution in [3.8, 4) is 5.75 Å². The zero-order valence-electron chi connectivity index (χ0n) is 30.5. The Hall–Kier alpha value is -5.39. The van der Waals surface area contributed by atoms with Crippen molar-refractivity contribution in [3.63, 3.8) is 0 Å². The smallest absolute Gasteiger partial charge is 0.335 e. The van der Waals surface area contributed by atoms with Crippen LogP contribution in [0, 0.1) is 16.0 Å². The quantitative estimate of drug-likeness (QED) is 0.0243. The fraction of sp³-hybridized carbons (Fsp3) is 0.417. The molecule has 3 aliphatic heterocycles. The number of carbonyl (C=O) groups excluding carboxylic acids is 4. The molecule has 0 radical (unpaired) electrons. The molecule has 3 aromatic rings. The number of aliphatic hydroxyl groups excluding tert-OH is 3. The Morgan fingerprint density at radius 2 is 1.83 bits per heavy atom. The number of ether oxygens (including phenoxy) is 3. The van der Waals surface area contributed by atoms with Crippen LogP contribution in [0.2, 0.25) is 0 Å². The first-order chi connectivity index (χ1) is 27.6. The Kier molecular flexibility index (Phi) is 13.1. The van der Waals surface area contributed by atoms with Gasteiger partial charge in [0.2, 0.25) is 29.3 Å². The Bertz CT molecular complexity index is 2150. The second-order valence-corrected chi connectivity index (χ2v) is 16.4. The highest BCUT2D eigenvalue weighted by Crippen LogP contribution is 2.40. The monoisotopic (exact) mass is 843 g/mol. The van der Waals surface area contributed by atoms with Gasteiger partial charge >= 0.3 is 11.7 Å². The molecule has 3 amide bonds. The summed E-state index contributed by atoms with van der Waals surface area (Å²) in [5.74, 6) is 4.98. The number of nitro benzene ring substituents is 1. The van der Waals surface area contributed by atoms with Crippen molar-refractivity contribution < 1.29 is 63.5 Å². The van der Waals surface area contributed by atoms with Crippen LogP contribution in [-0.2, 0) is 58.1 Å². The Morgan fingerprint density at radius 1 is 1.10 bits per heavy atom. The van der Waals surface area contributed by atoms with Gasteiger partial charge in [-0.1, -0.05) is 23.4 Å². The van der Waals surface area contributed by atoms with E-state index in [2.05, 4.69) is 27.4 Å². The van der Waals surface area contributed by atoms with Gasteiger partial charge < -0.3 is 50.0 Å². The van der Waals surface area contributed by atoms with E-state index in [9.17, 15) is 54.5 Å². The number of hydrogen-bond acceptors (Lipinski definition) is 17. The number of carboxylic acid groups (broad SMARTS) is 1. The first kappa shape index (κ1) is 42.2. The lowest BCUT2D eigenvalue weighted by molar-refractivity contribution is -0.387. The maximum absolute atomic E-state index is 12.8. The molecular formula is C36H39N6O14S2-. The van der Waals surface area contributed by atoms with Crippen molar-refractivity contribution in [1.29, 1.82) is 0 Å². The van der Waals surface area contributed by atoms with Crippen LogP contribution in [-0.4, -0.2) is 129 Å². The lowest BCUT2D eigenvalue weighted by Gasteiger charge is -2.38. The number of rotatable bonds is 16. The fourth-order valence-electron chi connectivity index (χ4n) is 6.39. The van der Waals surface area contributed by atoms with E-state index in [1.807, 2.05) is 0 Å². The van der Waals surface area contributed by atoms with Crippen LogP contribution in [0.4, 0.5) is 16.2 Å². The molecule has 0 aliphatic carbocycles. The third-order valence-electron chi connectivity index (χ3n) is 9.47. The topological polar surface area (TPSA) is 283 Å². The zero-order chi connectivity index (χ0) is 41.8. The number of carboxylic acids is 1. The number of aromatic nitrogens is 3. The average molecular weight is 844 g/mol. The SMILES string of the molecule is C=[S-](=C)C(=O)OC(Cc1cn(CCNC(=O)Cc2ccc(N3C(=O)CC(CC4CS4)C3=O)cc2)nn1)c1ccc(O[C@@H]2O[C@H](C(=O)O)[C@@H](O)[C@H](O)[C@H]2O)c([N+](=O)[O-])c1. The molecule has 3 fully saturated rings. The maximum Gasteiger partial charge on any atom is 0.335 e. The van der Waals surface area contributed by atoms with Crippen molar-refractivity contribution in [2.24, 2.45) is 5.92 Å². The zero-order valence-corrected chi connectivity index (χ0v) is 32.2. The average Bonchev–Trinajstić information content (AvgIpc) is 3.82. The number of thioether (sulfide) groups is 1. The molecule has 20 nitrogen and oxygen atoms in total. The Balaban J connectivity index is 1.06. The number of amides is 3. The minimum Gasteiger partial charge on any atom is -0.479 e. The van der Waals surface area contributed by atoms with Crippen molar-refractivity contribution in [2.45, 2.75) is 74.3 Å². The summed E-state index contributed by atoms with van der Waals surface area (Å²) in [6.07, 6.45) is -8.75. The first-order valence-electron chi connectivity index (χ1n) is 17.7. The number of imide groups is 1. The molecule has 3 unspecified atom stereocenters.